The van der Waals surface area contributed by atoms with E-state index in [-0.39, 0.29) is 11.9 Å². The van der Waals surface area contributed by atoms with E-state index < -0.39 is 6.61 Å². The van der Waals surface area contributed by atoms with Crippen LogP contribution in [0.5, 0.6) is 5.75 Å². The number of alkyl halides is 2. The SMILES string of the molecule is OC1C[C@H]2CC[C@@H](C1)N2Sc1ccc(OC(F)F)cc1. The number of benzene rings is 1. The summed E-state index contributed by atoms with van der Waals surface area (Å²) in [6.45, 7) is -2.78. The lowest BCUT2D eigenvalue weighted by Gasteiger charge is -2.35. The number of rotatable bonds is 4. The van der Waals surface area contributed by atoms with Crippen LogP contribution >= 0.6 is 11.9 Å². The summed E-state index contributed by atoms with van der Waals surface area (Å²) in [5.41, 5.74) is 0. The molecule has 2 heterocycles. The molecular formula is C14H17F2NO2S. The van der Waals surface area contributed by atoms with Gasteiger partial charge in [-0.1, -0.05) is 0 Å². The van der Waals surface area contributed by atoms with E-state index in [0.29, 0.717) is 12.1 Å². The maximum absolute atomic E-state index is 12.1. The normalized spacial score (nSPS) is 29.9. The average Bonchev–Trinajstić information content (AvgIpc) is 2.64. The second kappa shape index (κ2) is 5.87. The van der Waals surface area contributed by atoms with Crippen LogP contribution in [0.15, 0.2) is 29.2 Å². The van der Waals surface area contributed by atoms with Crippen molar-refractivity contribution in [3.05, 3.63) is 24.3 Å². The number of aliphatic hydroxyl groups excluding tert-OH is 1. The zero-order valence-electron chi connectivity index (χ0n) is 10.9. The summed E-state index contributed by atoms with van der Waals surface area (Å²) in [4.78, 5) is 1.01. The molecular weight excluding hydrogens is 284 g/mol. The maximum atomic E-state index is 12.1. The Labute approximate surface area is 121 Å². The Morgan fingerprint density at radius 3 is 2.30 bits per heavy atom. The lowest BCUT2D eigenvalue weighted by Crippen LogP contribution is -2.40. The minimum Gasteiger partial charge on any atom is -0.435 e. The molecule has 2 fully saturated rings. The molecule has 1 aromatic carbocycles. The van der Waals surface area contributed by atoms with Crippen LogP contribution < -0.4 is 4.74 Å². The first-order valence-corrected chi connectivity index (χ1v) is 7.58. The Morgan fingerprint density at radius 2 is 1.75 bits per heavy atom. The number of nitrogens with zero attached hydrogens (tertiary/aromatic N) is 1. The summed E-state index contributed by atoms with van der Waals surface area (Å²) < 4.78 is 30.9. The average molecular weight is 301 g/mol. The lowest BCUT2D eigenvalue weighted by atomic mass is 10.0. The highest BCUT2D eigenvalue weighted by molar-refractivity contribution is 7.97. The number of hydrogen-bond donors (Lipinski definition) is 1. The van der Waals surface area contributed by atoms with Crippen LogP contribution in [0, 0.1) is 0 Å². The van der Waals surface area contributed by atoms with E-state index in [0.717, 1.165) is 30.6 Å². The van der Waals surface area contributed by atoms with Crippen molar-refractivity contribution >= 4 is 11.9 Å². The molecule has 0 aromatic heterocycles. The minimum atomic E-state index is -2.78. The predicted molar refractivity (Wildman–Crippen MR) is 72.8 cm³/mol. The number of halogens is 2. The van der Waals surface area contributed by atoms with Gasteiger partial charge in [-0.25, -0.2) is 4.31 Å². The number of hydrogen-bond acceptors (Lipinski definition) is 4. The van der Waals surface area contributed by atoms with Crippen LogP contribution in [0.4, 0.5) is 8.78 Å². The van der Waals surface area contributed by atoms with Crippen LogP contribution in [-0.2, 0) is 0 Å². The van der Waals surface area contributed by atoms with Crippen molar-refractivity contribution in [3.8, 4) is 5.75 Å². The second-order valence-electron chi connectivity index (χ2n) is 5.31. The Kier molecular flexibility index (Phi) is 4.14. The molecule has 1 aromatic rings. The molecule has 110 valence electrons. The third kappa shape index (κ3) is 3.07. The maximum Gasteiger partial charge on any atom is 0.387 e. The number of aliphatic hydroxyl groups is 1. The highest BCUT2D eigenvalue weighted by Gasteiger charge is 2.40. The van der Waals surface area contributed by atoms with E-state index in [1.165, 1.54) is 0 Å². The monoisotopic (exact) mass is 301 g/mol. The molecule has 3 rings (SSSR count). The highest BCUT2D eigenvalue weighted by atomic mass is 32.2. The van der Waals surface area contributed by atoms with E-state index in [2.05, 4.69) is 9.04 Å². The molecule has 0 radical (unpaired) electrons. The van der Waals surface area contributed by atoms with Crippen molar-refractivity contribution in [2.24, 2.45) is 0 Å². The summed E-state index contributed by atoms with van der Waals surface area (Å²) in [6, 6.07) is 7.57. The van der Waals surface area contributed by atoms with Gasteiger partial charge in [0.05, 0.1) is 6.10 Å². The third-order valence-corrected chi connectivity index (χ3v) is 5.19. The lowest BCUT2D eigenvalue weighted by molar-refractivity contribution is -0.0498. The molecule has 3 nitrogen and oxygen atoms in total. The van der Waals surface area contributed by atoms with E-state index in [1.807, 2.05) is 0 Å². The molecule has 0 spiro atoms. The Balaban J connectivity index is 1.63. The standard InChI is InChI=1S/C14H17F2NO2S/c15-14(16)19-12-3-5-13(6-4-12)20-17-9-1-2-10(17)8-11(18)7-9/h3-6,9-11,14,18H,1-2,7-8H2/t9-,10+,11?. The number of ether oxygens (including phenoxy) is 1. The fraction of sp³-hybridized carbons (Fsp3) is 0.571. The van der Waals surface area contributed by atoms with Gasteiger partial charge in [-0.15, -0.1) is 0 Å². The first-order chi connectivity index (χ1) is 9.61. The molecule has 2 aliphatic heterocycles. The molecule has 2 bridgehead atoms. The molecule has 0 aliphatic carbocycles. The van der Waals surface area contributed by atoms with Gasteiger partial charge in [0.2, 0.25) is 0 Å². The second-order valence-corrected chi connectivity index (χ2v) is 6.39. The van der Waals surface area contributed by atoms with Gasteiger partial charge in [0.15, 0.2) is 0 Å². The van der Waals surface area contributed by atoms with Crippen molar-refractivity contribution in [2.45, 2.75) is 55.4 Å². The van der Waals surface area contributed by atoms with Crippen molar-refractivity contribution in [1.82, 2.24) is 4.31 Å². The van der Waals surface area contributed by atoms with Gasteiger partial charge >= 0.3 is 6.61 Å². The van der Waals surface area contributed by atoms with Gasteiger partial charge in [-0.2, -0.15) is 8.78 Å². The third-order valence-electron chi connectivity index (χ3n) is 3.90. The molecule has 1 unspecified atom stereocenters. The van der Waals surface area contributed by atoms with Crippen molar-refractivity contribution in [3.63, 3.8) is 0 Å². The molecule has 0 saturated carbocycles. The quantitative estimate of drug-likeness (QED) is 0.865. The van der Waals surface area contributed by atoms with Crippen LogP contribution in [-0.4, -0.2) is 34.2 Å². The van der Waals surface area contributed by atoms with Crippen LogP contribution in [0.3, 0.4) is 0 Å². The van der Waals surface area contributed by atoms with Crippen molar-refractivity contribution in [2.75, 3.05) is 0 Å². The Morgan fingerprint density at radius 1 is 1.15 bits per heavy atom. The van der Waals surface area contributed by atoms with E-state index in [1.54, 1.807) is 36.2 Å². The molecule has 20 heavy (non-hydrogen) atoms. The van der Waals surface area contributed by atoms with E-state index >= 15 is 0 Å². The van der Waals surface area contributed by atoms with Crippen molar-refractivity contribution in [1.29, 1.82) is 0 Å². The van der Waals surface area contributed by atoms with Gasteiger partial charge in [-0.3, -0.25) is 0 Å². The van der Waals surface area contributed by atoms with Gasteiger partial charge in [0.1, 0.15) is 5.75 Å². The van der Waals surface area contributed by atoms with Crippen molar-refractivity contribution < 1.29 is 18.6 Å². The zero-order chi connectivity index (χ0) is 14.1. The van der Waals surface area contributed by atoms with E-state index in [9.17, 15) is 13.9 Å². The zero-order valence-corrected chi connectivity index (χ0v) is 11.7. The highest BCUT2D eigenvalue weighted by Crippen LogP contribution is 2.42. The summed E-state index contributed by atoms with van der Waals surface area (Å²) in [5, 5.41) is 9.77. The largest absolute Gasteiger partial charge is 0.435 e. The number of piperidine rings is 1. The van der Waals surface area contributed by atoms with Crippen LogP contribution in [0.1, 0.15) is 25.7 Å². The smallest absolute Gasteiger partial charge is 0.387 e. The van der Waals surface area contributed by atoms with E-state index in [4.69, 9.17) is 0 Å². The molecule has 3 atom stereocenters. The Bertz CT molecular complexity index is 443. The van der Waals surface area contributed by atoms with Gasteiger partial charge < -0.3 is 9.84 Å². The Hall–Kier alpha value is -0.850. The molecule has 0 amide bonds. The fourth-order valence-corrected chi connectivity index (χ4v) is 4.24. The molecule has 6 heteroatoms. The van der Waals surface area contributed by atoms with Gasteiger partial charge in [0.25, 0.3) is 0 Å². The van der Waals surface area contributed by atoms with Gasteiger partial charge in [0, 0.05) is 17.0 Å². The minimum absolute atomic E-state index is 0.175. The first kappa shape index (κ1) is 14.1. The molecule has 1 N–H and O–H groups in total. The van der Waals surface area contributed by atoms with Gasteiger partial charge in [-0.05, 0) is 61.9 Å². The molecule has 2 aliphatic rings. The fourth-order valence-electron chi connectivity index (χ4n) is 3.06. The van der Waals surface area contributed by atoms with Crippen LogP contribution in [0.2, 0.25) is 0 Å². The first-order valence-electron chi connectivity index (χ1n) is 6.81. The number of fused-ring (bicyclic) bond motifs is 2. The summed E-state index contributed by atoms with van der Waals surface area (Å²) in [5.74, 6) is 0.182. The van der Waals surface area contributed by atoms with Crippen LogP contribution in [0.25, 0.3) is 0 Å². The predicted octanol–water partition coefficient (Wildman–Crippen LogP) is 3.28. The summed E-state index contributed by atoms with van der Waals surface area (Å²) >= 11 is 1.65. The molecule has 2 saturated heterocycles. The summed E-state index contributed by atoms with van der Waals surface area (Å²) in [7, 11) is 0. The summed E-state index contributed by atoms with van der Waals surface area (Å²) in [6.07, 6.45) is 3.74. The topological polar surface area (TPSA) is 32.7 Å².